The molecule has 0 aromatic heterocycles. The van der Waals surface area contributed by atoms with E-state index in [0.29, 0.717) is 23.4 Å². The second-order valence-electron chi connectivity index (χ2n) is 10.7. The first-order chi connectivity index (χ1) is 17.1. The molecule has 1 fully saturated rings. The first-order valence-corrected chi connectivity index (χ1v) is 12.3. The van der Waals surface area contributed by atoms with Gasteiger partial charge < -0.3 is 19.5 Å². The number of para-hydroxylation sites is 1. The van der Waals surface area contributed by atoms with Gasteiger partial charge in [-0.15, -0.1) is 0 Å². The normalized spacial score (nSPS) is 27.8. The summed E-state index contributed by atoms with van der Waals surface area (Å²) < 4.78 is 16.3. The third-order valence-corrected chi connectivity index (χ3v) is 9.02. The van der Waals surface area contributed by atoms with Crippen LogP contribution in [0.15, 0.2) is 71.3 Å². The Morgan fingerprint density at radius 3 is 2.19 bits per heavy atom. The number of fused-ring (bicyclic) bond motifs is 2. The number of hydrogen-bond donors (Lipinski definition) is 1. The minimum atomic E-state index is -0.746. The Balaban J connectivity index is 1.67. The van der Waals surface area contributed by atoms with Crippen molar-refractivity contribution in [1.29, 1.82) is 0 Å². The smallest absolute Gasteiger partial charge is 0.335 e. The fraction of sp³-hybridized carbons (Fsp3) is 0.400. The molecule has 36 heavy (non-hydrogen) atoms. The van der Waals surface area contributed by atoms with Crippen LogP contribution >= 0.6 is 0 Å². The molecule has 6 heteroatoms. The number of carbonyl (C=O) groups is 2. The van der Waals surface area contributed by atoms with E-state index in [1.54, 1.807) is 7.11 Å². The second kappa shape index (κ2) is 8.34. The molecule has 6 nitrogen and oxygen atoms in total. The van der Waals surface area contributed by atoms with Crippen molar-refractivity contribution in [2.45, 2.75) is 40.7 Å². The molecule has 1 N–H and O–H groups in total. The summed E-state index contributed by atoms with van der Waals surface area (Å²) in [4.78, 5) is 27.7. The Morgan fingerprint density at radius 1 is 0.972 bits per heavy atom. The zero-order chi connectivity index (χ0) is 25.9. The number of allylic oxidation sites excluding steroid dienone is 2. The van der Waals surface area contributed by atoms with Gasteiger partial charge >= 0.3 is 5.97 Å². The molecule has 1 saturated heterocycles. The van der Waals surface area contributed by atoms with Crippen molar-refractivity contribution >= 4 is 23.1 Å². The van der Waals surface area contributed by atoms with Crippen molar-refractivity contribution in [2.75, 3.05) is 25.6 Å². The van der Waals surface area contributed by atoms with Gasteiger partial charge in [0.25, 0.3) is 5.91 Å². The standard InChI is InChI=1S/C30H33NO5/c1-18-23(19-12-14-21(34-6)15-13-19)30(5)24(26(32)31-20-10-8-7-9-11-20)25(29(18,4)28(30,2)3)27(33)36-17-22-16-35-22/h7-15,22H,16-17H2,1-6H3,(H,31,32)/t22?,29-,30+/m1/s1. The molecule has 0 spiro atoms. The highest BCUT2D eigenvalue weighted by Gasteiger charge is 2.72. The molecule has 1 aliphatic heterocycles. The molecule has 3 aliphatic rings. The van der Waals surface area contributed by atoms with Gasteiger partial charge in [0, 0.05) is 22.1 Å². The van der Waals surface area contributed by atoms with Crippen molar-refractivity contribution < 1.29 is 23.8 Å². The lowest BCUT2D eigenvalue weighted by Crippen LogP contribution is -2.39. The van der Waals surface area contributed by atoms with E-state index in [4.69, 9.17) is 14.2 Å². The molecule has 1 heterocycles. The molecule has 188 valence electrons. The summed E-state index contributed by atoms with van der Waals surface area (Å²) in [5, 5.41) is 3.04. The van der Waals surface area contributed by atoms with Crippen LogP contribution in [-0.2, 0) is 19.1 Å². The lowest BCUT2D eigenvalue weighted by atomic mass is 9.59. The number of hydrogen-bond acceptors (Lipinski definition) is 5. The molecule has 3 atom stereocenters. The molecule has 2 aliphatic carbocycles. The lowest BCUT2D eigenvalue weighted by molar-refractivity contribution is -0.141. The average Bonchev–Trinajstić information content (AvgIpc) is 3.66. The first kappa shape index (κ1) is 24.3. The Kier molecular flexibility index (Phi) is 5.63. The van der Waals surface area contributed by atoms with Gasteiger partial charge in [-0.05, 0) is 47.7 Å². The summed E-state index contributed by atoms with van der Waals surface area (Å²) in [7, 11) is 1.64. The van der Waals surface area contributed by atoms with Gasteiger partial charge in [-0.2, -0.15) is 0 Å². The number of methoxy groups -OCH3 is 1. The summed E-state index contributed by atoms with van der Waals surface area (Å²) in [6.07, 6.45) is -0.0577. The van der Waals surface area contributed by atoms with Crippen LogP contribution in [0.1, 0.15) is 40.2 Å². The van der Waals surface area contributed by atoms with Crippen LogP contribution in [0.3, 0.4) is 0 Å². The fourth-order valence-electron chi connectivity index (χ4n) is 6.37. The molecule has 1 unspecified atom stereocenters. The molecule has 0 radical (unpaired) electrons. The van der Waals surface area contributed by atoms with E-state index in [9.17, 15) is 9.59 Å². The minimum Gasteiger partial charge on any atom is -0.497 e. The Bertz CT molecular complexity index is 1290. The molecule has 2 bridgehead atoms. The largest absolute Gasteiger partial charge is 0.497 e. The van der Waals surface area contributed by atoms with E-state index in [0.717, 1.165) is 22.5 Å². The number of anilines is 1. The van der Waals surface area contributed by atoms with Gasteiger partial charge in [-0.3, -0.25) is 4.79 Å². The summed E-state index contributed by atoms with van der Waals surface area (Å²) in [6, 6.07) is 17.2. The Hall–Kier alpha value is -3.38. The highest BCUT2D eigenvalue weighted by Crippen LogP contribution is 2.77. The van der Waals surface area contributed by atoms with Crippen LogP contribution in [-0.4, -0.2) is 38.3 Å². The summed E-state index contributed by atoms with van der Waals surface area (Å²) in [5.41, 5.74) is 2.81. The highest BCUT2D eigenvalue weighted by atomic mass is 16.6. The van der Waals surface area contributed by atoms with Crippen LogP contribution in [0.5, 0.6) is 5.75 Å². The Morgan fingerprint density at radius 2 is 1.61 bits per heavy atom. The van der Waals surface area contributed by atoms with Crippen molar-refractivity contribution in [3.8, 4) is 5.75 Å². The third-order valence-electron chi connectivity index (χ3n) is 9.02. The van der Waals surface area contributed by atoms with Gasteiger partial charge in [0.05, 0.1) is 19.3 Å². The lowest BCUT2D eigenvalue weighted by Gasteiger charge is -2.43. The van der Waals surface area contributed by atoms with Crippen molar-refractivity contribution in [1.82, 2.24) is 0 Å². The summed E-state index contributed by atoms with van der Waals surface area (Å²) in [6.45, 7) is 11.3. The zero-order valence-corrected chi connectivity index (χ0v) is 21.7. The number of epoxide rings is 1. The number of carbonyl (C=O) groups excluding carboxylic acids is 2. The van der Waals surface area contributed by atoms with Crippen LogP contribution in [0.25, 0.3) is 5.57 Å². The molecular formula is C30H33NO5. The maximum absolute atomic E-state index is 14.0. The molecule has 2 aromatic carbocycles. The predicted molar refractivity (Wildman–Crippen MR) is 138 cm³/mol. The fourth-order valence-corrected chi connectivity index (χ4v) is 6.37. The first-order valence-electron chi connectivity index (χ1n) is 12.3. The monoisotopic (exact) mass is 487 g/mol. The van der Waals surface area contributed by atoms with Gasteiger partial charge in [-0.1, -0.05) is 63.6 Å². The van der Waals surface area contributed by atoms with E-state index in [1.807, 2.05) is 54.6 Å². The number of esters is 1. The van der Waals surface area contributed by atoms with Crippen molar-refractivity contribution in [3.05, 3.63) is 76.9 Å². The molecule has 0 saturated carbocycles. The average molecular weight is 488 g/mol. The predicted octanol–water partition coefficient (Wildman–Crippen LogP) is 5.41. The minimum absolute atomic E-state index is 0.0577. The number of nitrogens with one attached hydrogen (secondary N) is 1. The molecule has 5 rings (SSSR count). The van der Waals surface area contributed by atoms with Crippen molar-refractivity contribution in [2.24, 2.45) is 16.2 Å². The molecule has 1 amide bonds. The highest BCUT2D eigenvalue weighted by molar-refractivity contribution is 6.15. The van der Waals surface area contributed by atoms with E-state index < -0.39 is 22.2 Å². The van der Waals surface area contributed by atoms with Crippen LogP contribution in [0, 0.1) is 16.2 Å². The number of ether oxygens (including phenoxy) is 3. The van der Waals surface area contributed by atoms with Gasteiger partial charge in [0.2, 0.25) is 0 Å². The SMILES string of the molecule is COc1ccc(C2=C(C)[C@]3(C)C(C(=O)OCC4CO4)=C(C(=O)Nc4ccccc4)[C@@]2(C)C3(C)C)cc1. The molecule has 2 aromatic rings. The van der Waals surface area contributed by atoms with E-state index >= 15 is 0 Å². The van der Waals surface area contributed by atoms with Crippen LogP contribution in [0.4, 0.5) is 5.69 Å². The van der Waals surface area contributed by atoms with E-state index in [2.05, 4.69) is 39.9 Å². The quantitative estimate of drug-likeness (QED) is 0.417. The Labute approximate surface area is 212 Å². The maximum atomic E-state index is 14.0. The zero-order valence-electron chi connectivity index (χ0n) is 21.7. The summed E-state index contributed by atoms with van der Waals surface area (Å²) in [5.74, 6) is 0.0321. The van der Waals surface area contributed by atoms with E-state index in [-0.39, 0.29) is 18.6 Å². The van der Waals surface area contributed by atoms with E-state index in [1.165, 1.54) is 0 Å². The third kappa shape index (κ3) is 3.27. The number of amides is 1. The van der Waals surface area contributed by atoms with Crippen LogP contribution < -0.4 is 10.1 Å². The van der Waals surface area contributed by atoms with Crippen LogP contribution in [0.2, 0.25) is 0 Å². The topological polar surface area (TPSA) is 77.2 Å². The van der Waals surface area contributed by atoms with Gasteiger partial charge in [-0.25, -0.2) is 4.79 Å². The number of benzene rings is 2. The van der Waals surface area contributed by atoms with Crippen molar-refractivity contribution in [3.63, 3.8) is 0 Å². The number of rotatable bonds is 7. The van der Waals surface area contributed by atoms with Gasteiger partial charge in [0.15, 0.2) is 0 Å². The second-order valence-corrected chi connectivity index (χ2v) is 10.7. The summed E-state index contributed by atoms with van der Waals surface area (Å²) >= 11 is 0. The molecular weight excluding hydrogens is 454 g/mol. The van der Waals surface area contributed by atoms with Gasteiger partial charge in [0.1, 0.15) is 18.5 Å². The maximum Gasteiger partial charge on any atom is 0.335 e.